The topological polar surface area (TPSA) is 43.1 Å². The third-order valence-electron chi connectivity index (χ3n) is 2.10. The summed E-state index contributed by atoms with van der Waals surface area (Å²) in [5.41, 5.74) is 0.136. The molecule has 0 N–H and O–H groups in total. The van der Waals surface area contributed by atoms with Gasteiger partial charge in [0.1, 0.15) is 4.91 Å². The van der Waals surface area contributed by atoms with Crippen molar-refractivity contribution in [3.8, 4) is 0 Å². The molecule has 1 aromatic carbocycles. The Morgan fingerprint density at radius 3 is 2.78 bits per heavy atom. The first-order chi connectivity index (χ1) is 8.63. The molecule has 0 aliphatic carbocycles. The number of hydrogen-bond acceptors (Lipinski definition) is 2. The highest BCUT2D eigenvalue weighted by atomic mass is 32.2. The fourth-order valence-corrected chi connectivity index (χ4v) is 2.21. The second-order valence-electron chi connectivity index (χ2n) is 3.61. The van der Waals surface area contributed by atoms with Crippen LogP contribution in [0.15, 0.2) is 64.4 Å². The number of thiol groups is 1. The minimum atomic E-state index is -0.371. The molecule has 3 nitrogen and oxygen atoms in total. The van der Waals surface area contributed by atoms with Crippen LogP contribution < -0.4 is 0 Å². The third kappa shape index (κ3) is 5.01. The monoisotopic (exact) mass is 262 g/mol. The maximum absolute atomic E-state index is 10.7. The minimum absolute atomic E-state index is 0.136. The highest BCUT2D eigenvalue weighted by Gasteiger charge is 2.11. The number of nitrogens with zero attached hydrogens (tertiary/aromatic N) is 1. The summed E-state index contributed by atoms with van der Waals surface area (Å²) in [6.45, 7) is 3.96. The molecule has 0 bridgehead atoms. The van der Waals surface area contributed by atoms with E-state index in [1.165, 1.54) is 6.07 Å². The van der Waals surface area contributed by atoms with Crippen LogP contribution in [0.4, 0.5) is 5.69 Å². The van der Waals surface area contributed by atoms with E-state index < -0.39 is 0 Å². The molecular weight excluding hydrogens is 246 g/mol. The van der Waals surface area contributed by atoms with Crippen molar-refractivity contribution in [1.29, 1.82) is 0 Å². The zero-order valence-electron chi connectivity index (χ0n) is 10.4. The van der Waals surface area contributed by atoms with Gasteiger partial charge in [-0.3, -0.25) is 10.1 Å². The van der Waals surface area contributed by atoms with Gasteiger partial charge in [0.05, 0.1) is 11.0 Å². The largest absolute Gasteiger partial charge is 0.274 e. The SMILES string of the molecule is C\C=C/C=C\C=C(/C)[SH+]c1cccc([N+](=O)[O-])c1. The van der Waals surface area contributed by atoms with Gasteiger partial charge in [-0.25, -0.2) is 0 Å². The molecule has 0 saturated heterocycles. The molecule has 0 amide bonds. The Morgan fingerprint density at radius 1 is 1.33 bits per heavy atom. The van der Waals surface area contributed by atoms with E-state index in [0.717, 1.165) is 21.6 Å². The molecule has 1 aromatic rings. The lowest BCUT2D eigenvalue weighted by Gasteiger charge is -1.92. The van der Waals surface area contributed by atoms with Gasteiger partial charge in [-0.2, -0.15) is 0 Å². The van der Waals surface area contributed by atoms with E-state index in [2.05, 4.69) is 0 Å². The summed E-state index contributed by atoms with van der Waals surface area (Å²) in [6.07, 6.45) is 9.82. The van der Waals surface area contributed by atoms with Gasteiger partial charge in [0, 0.05) is 24.8 Å². The molecule has 0 aliphatic heterocycles. The predicted octanol–water partition coefficient (Wildman–Crippen LogP) is 3.80. The molecule has 0 heterocycles. The number of benzene rings is 1. The number of nitro groups is 1. The van der Waals surface area contributed by atoms with Crippen molar-refractivity contribution in [3.63, 3.8) is 0 Å². The molecule has 18 heavy (non-hydrogen) atoms. The summed E-state index contributed by atoms with van der Waals surface area (Å²) in [6, 6.07) is 6.71. The first kappa shape index (κ1) is 14.3. The minimum Gasteiger partial charge on any atom is -0.258 e. The van der Waals surface area contributed by atoms with E-state index in [9.17, 15) is 10.1 Å². The lowest BCUT2D eigenvalue weighted by atomic mass is 10.3. The molecule has 4 heteroatoms. The molecule has 0 aromatic heterocycles. The van der Waals surface area contributed by atoms with E-state index in [0.29, 0.717) is 0 Å². The summed E-state index contributed by atoms with van der Waals surface area (Å²) < 4.78 is 0. The second kappa shape index (κ2) is 7.50. The van der Waals surface area contributed by atoms with Crippen molar-refractivity contribution in [2.45, 2.75) is 18.7 Å². The van der Waals surface area contributed by atoms with Gasteiger partial charge in [0.2, 0.25) is 0 Å². The third-order valence-corrected chi connectivity index (χ3v) is 3.14. The quantitative estimate of drug-likeness (QED) is 0.266. The maximum Gasteiger partial charge on any atom is 0.274 e. The van der Waals surface area contributed by atoms with E-state index >= 15 is 0 Å². The summed E-state index contributed by atoms with van der Waals surface area (Å²) in [5.74, 6) is 0. The Labute approximate surface area is 111 Å². The van der Waals surface area contributed by atoms with E-state index in [1.54, 1.807) is 12.1 Å². The van der Waals surface area contributed by atoms with Crippen molar-refractivity contribution in [3.05, 3.63) is 69.7 Å². The highest BCUT2D eigenvalue weighted by Crippen LogP contribution is 2.17. The second-order valence-corrected chi connectivity index (χ2v) is 5.05. The molecule has 0 fully saturated rings. The van der Waals surface area contributed by atoms with Gasteiger partial charge in [0.25, 0.3) is 5.69 Å². The fourth-order valence-electron chi connectivity index (χ4n) is 1.29. The van der Waals surface area contributed by atoms with Crippen LogP contribution in [0.3, 0.4) is 0 Å². The van der Waals surface area contributed by atoms with Crippen molar-refractivity contribution in [1.82, 2.24) is 0 Å². The first-order valence-corrected chi connectivity index (χ1v) is 6.45. The van der Waals surface area contributed by atoms with Crippen molar-refractivity contribution in [2.75, 3.05) is 0 Å². The van der Waals surface area contributed by atoms with Gasteiger partial charge in [-0.1, -0.05) is 30.4 Å². The Kier molecular flexibility index (Phi) is 5.94. The standard InChI is InChI=1S/C14H15NO2S/c1-3-4-5-6-8-12(2)18-14-10-7-9-13(11-14)15(16)17/h3-11H,1-2H3/p+1/b4-3-,6-5-,12-8+. The normalized spacial score (nSPS) is 12.4. The first-order valence-electron chi connectivity index (χ1n) is 5.56. The zero-order valence-corrected chi connectivity index (χ0v) is 11.3. The average molecular weight is 262 g/mol. The molecule has 0 unspecified atom stereocenters. The fraction of sp³-hybridized carbons (Fsp3) is 0.143. The number of hydrogen-bond donors (Lipinski definition) is 0. The van der Waals surface area contributed by atoms with Crippen LogP contribution in [0.1, 0.15) is 13.8 Å². The maximum atomic E-state index is 10.7. The van der Waals surface area contributed by atoms with Crippen molar-refractivity contribution < 1.29 is 4.92 Å². The molecular formula is C14H16NO2S+. The molecule has 0 atom stereocenters. The van der Waals surface area contributed by atoms with Crippen LogP contribution in [-0.2, 0) is 11.8 Å². The van der Waals surface area contributed by atoms with Gasteiger partial charge in [-0.05, 0) is 19.1 Å². The number of nitro benzene ring substituents is 1. The molecule has 0 spiro atoms. The van der Waals surface area contributed by atoms with Crippen LogP contribution >= 0.6 is 0 Å². The highest BCUT2D eigenvalue weighted by molar-refractivity contribution is 7.82. The summed E-state index contributed by atoms with van der Waals surface area (Å²) in [4.78, 5) is 12.3. The Balaban J connectivity index is 2.72. The predicted molar refractivity (Wildman–Crippen MR) is 77.8 cm³/mol. The van der Waals surface area contributed by atoms with Crippen LogP contribution in [0, 0.1) is 10.1 Å². The summed E-state index contributed by atoms with van der Waals surface area (Å²) in [5, 5.41) is 10.7. The molecule has 0 radical (unpaired) electrons. The van der Waals surface area contributed by atoms with Crippen LogP contribution in [0.5, 0.6) is 0 Å². The van der Waals surface area contributed by atoms with Crippen LogP contribution in [0.25, 0.3) is 0 Å². The number of rotatable bonds is 5. The van der Waals surface area contributed by atoms with Crippen LogP contribution in [0.2, 0.25) is 0 Å². The summed E-state index contributed by atoms with van der Waals surface area (Å²) >= 11 is 0.988. The van der Waals surface area contributed by atoms with Crippen LogP contribution in [-0.4, -0.2) is 4.92 Å². The smallest absolute Gasteiger partial charge is 0.258 e. The Morgan fingerprint density at radius 2 is 2.11 bits per heavy atom. The zero-order chi connectivity index (χ0) is 13.4. The van der Waals surface area contributed by atoms with E-state index in [-0.39, 0.29) is 10.6 Å². The number of allylic oxidation sites excluding steroid dienone is 6. The molecule has 94 valence electrons. The lowest BCUT2D eigenvalue weighted by Crippen LogP contribution is -1.90. The van der Waals surface area contributed by atoms with Gasteiger partial charge < -0.3 is 0 Å². The Bertz CT molecular complexity index is 504. The average Bonchev–Trinajstić information content (AvgIpc) is 2.35. The van der Waals surface area contributed by atoms with Gasteiger partial charge in [-0.15, -0.1) is 0 Å². The van der Waals surface area contributed by atoms with E-state index in [1.807, 2.05) is 50.3 Å². The number of non-ortho nitro benzene ring substituents is 1. The van der Waals surface area contributed by atoms with Crippen molar-refractivity contribution >= 4 is 17.4 Å². The molecule has 0 aliphatic rings. The molecule has 1 rings (SSSR count). The van der Waals surface area contributed by atoms with Crippen molar-refractivity contribution in [2.24, 2.45) is 0 Å². The summed E-state index contributed by atoms with van der Waals surface area (Å²) in [7, 11) is 0. The lowest BCUT2D eigenvalue weighted by molar-refractivity contribution is -0.385. The molecule has 0 saturated carbocycles. The Hall–Kier alpha value is -1.81. The van der Waals surface area contributed by atoms with E-state index in [4.69, 9.17) is 0 Å². The van der Waals surface area contributed by atoms with Gasteiger partial charge in [0.15, 0.2) is 4.90 Å². The van der Waals surface area contributed by atoms with Gasteiger partial charge >= 0.3 is 0 Å².